The van der Waals surface area contributed by atoms with Crippen LogP contribution in [0.1, 0.15) is 24.3 Å². The molecule has 1 saturated heterocycles. The molecular formula is C25H26N4O2. The summed E-state index contributed by atoms with van der Waals surface area (Å²) in [5.41, 5.74) is 2.28. The summed E-state index contributed by atoms with van der Waals surface area (Å²) < 4.78 is 7.66. The standard InChI is InChI=1S/C25H26N4O2/c30-25(18-22-17-23(27-31-22)20-7-2-1-3-8-20)11-15-28(16-12-25)19-21-9-6-14-29(21)24-10-4-5-13-26-24/h1-10,13-14,17,30H,11-12,15-16,18-19H2. The Labute approximate surface area is 181 Å². The average molecular weight is 415 g/mol. The van der Waals surface area contributed by atoms with E-state index in [4.69, 9.17) is 4.52 Å². The quantitative estimate of drug-likeness (QED) is 0.515. The molecule has 1 N–H and O–H groups in total. The largest absolute Gasteiger partial charge is 0.389 e. The van der Waals surface area contributed by atoms with Crippen LogP contribution in [-0.4, -0.2) is 43.4 Å². The van der Waals surface area contributed by atoms with Crippen molar-refractivity contribution in [1.29, 1.82) is 0 Å². The third kappa shape index (κ3) is 4.45. The van der Waals surface area contributed by atoms with E-state index in [0.717, 1.165) is 42.5 Å². The summed E-state index contributed by atoms with van der Waals surface area (Å²) in [6.45, 7) is 2.51. The molecule has 0 aliphatic carbocycles. The molecule has 1 aromatic carbocycles. The fourth-order valence-electron chi connectivity index (χ4n) is 4.26. The maximum absolute atomic E-state index is 11.2. The van der Waals surface area contributed by atoms with Crippen molar-refractivity contribution in [1.82, 2.24) is 19.6 Å². The molecule has 0 atom stereocenters. The van der Waals surface area contributed by atoms with Crippen molar-refractivity contribution in [3.63, 3.8) is 0 Å². The number of hydrogen-bond acceptors (Lipinski definition) is 5. The molecule has 3 aromatic heterocycles. The van der Waals surface area contributed by atoms with E-state index in [0.29, 0.717) is 19.3 Å². The number of aromatic nitrogens is 3. The zero-order valence-corrected chi connectivity index (χ0v) is 17.4. The average Bonchev–Trinajstić information content (AvgIpc) is 3.46. The zero-order chi connectivity index (χ0) is 21.1. The molecule has 0 saturated carbocycles. The Kier molecular flexibility index (Phi) is 5.40. The van der Waals surface area contributed by atoms with E-state index in [9.17, 15) is 5.11 Å². The Balaban J connectivity index is 1.20. The van der Waals surface area contributed by atoms with Gasteiger partial charge in [-0.3, -0.25) is 4.90 Å². The number of pyridine rings is 1. The third-order valence-electron chi connectivity index (χ3n) is 6.03. The molecule has 6 nitrogen and oxygen atoms in total. The van der Waals surface area contributed by atoms with Gasteiger partial charge < -0.3 is 14.2 Å². The zero-order valence-electron chi connectivity index (χ0n) is 17.4. The lowest BCUT2D eigenvalue weighted by atomic mass is 9.87. The van der Waals surface area contributed by atoms with Gasteiger partial charge >= 0.3 is 0 Å². The van der Waals surface area contributed by atoms with Gasteiger partial charge in [-0.2, -0.15) is 0 Å². The van der Waals surface area contributed by atoms with Crippen LogP contribution in [-0.2, 0) is 13.0 Å². The smallest absolute Gasteiger partial charge is 0.140 e. The van der Waals surface area contributed by atoms with Gasteiger partial charge in [0.25, 0.3) is 0 Å². The van der Waals surface area contributed by atoms with Crippen LogP contribution in [0.4, 0.5) is 0 Å². The van der Waals surface area contributed by atoms with Gasteiger partial charge in [0.2, 0.25) is 0 Å². The van der Waals surface area contributed by atoms with Crippen molar-refractivity contribution in [2.24, 2.45) is 0 Å². The molecule has 0 unspecified atom stereocenters. The molecular weight excluding hydrogens is 388 g/mol. The van der Waals surface area contributed by atoms with E-state index >= 15 is 0 Å². The van der Waals surface area contributed by atoms with Gasteiger partial charge in [-0.1, -0.05) is 41.6 Å². The monoisotopic (exact) mass is 414 g/mol. The number of nitrogens with zero attached hydrogens (tertiary/aromatic N) is 4. The summed E-state index contributed by atoms with van der Waals surface area (Å²) in [6.07, 6.45) is 5.77. The lowest BCUT2D eigenvalue weighted by molar-refractivity contribution is -0.0268. The Morgan fingerprint density at radius 3 is 2.55 bits per heavy atom. The van der Waals surface area contributed by atoms with Crippen LogP contribution >= 0.6 is 0 Å². The first-order valence-corrected chi connectivity index (χ1v) is 10.7. The van der Waals surface area contributed by atoms with Crippen LogP contribution in [0.5, 0.6) is 0 Å². The van der Waals surface area contributed by atoms with Gasteiger partial charge in [0.05, 0.1) is 5.60 Å². The minimum absolute atomic E-state index is 0.491. The van der Waals surface area contributed by atoms with Crippen molar-refractivity contribution in [3.8, 4) is 17.1 Å². The first kappa shape index (κ1) is 19.7. The van der Waals surface area contributed by atoms with Crippen LogP contribution in [0.3, 0.4) is 0 Å². The highest BCUT2D eigenvalue weighted by Crippen LogP contribution is 2.29. The number of rotatable bonds is 6. The Hall–Kier alpha value is -3.22. The highest BCUT2D eigenvalue weighted by molar-refractivity contribution is 5.58. The Morgan fingerprint density at radius 2 is 1.77 bits per heavy atom. The highest BCUT2D eigenvalue weighted by atomic mass is 16.5. The summed E-state index contributed by atoms with van der Waals surface area (Å²) in [7, 11) is 0. The first-order chi connectivity index (χ1) is 15.2. The van der Waals surface area contributed by atoms with E-state index in [1.165, 1.54) is 5.69 Å². The summed E-state index contributed by atoms with van der Waals surface area (Å²) in [6, 6.07) is 22.0. The van der Waals surface area contributed by atoms with E-state index in [1.54, 1.807) is 0 Å². The third-order valence-corrected chi connectivity index (χ3v) is 6.03. The number of hydrogen-bond donors (Lipinski definition) is 1. The fraction of sp³-hybridized carbons (Fsp3) is 0.280. The summed E-state index contributed by atoms with van der Waals surface area (Å²) >= 11 is 0. The molecule has 1 aliphatic rings. The van der Waals surface area contributed by atoms with Crippen molar-refractivity contribution in [2.45, 2.75) is 31.4 Å². The lowest BCUT2D eigenvalue weighted by Gasteiger charge is -2.37. The normalized spacial score (nSPS) is 16.4. The minimum Gasteiger partial charge on any atom is -0.389 e. The lowest BCUT2D eigenvalue weighted by Crippen LogP contribution is -2.45. The number of aliphatic hydroxyl groups is 1. The second-order valence-corrected chi connectivity index (χ2v) is 8.28. The maximum atomic E-state index is 11.2. The van der Waals surface area contributed by atoms with Crippen molar-refractivity contribution in [2.75, 3.05) is 13.1 Å². The van der Waals surface area contributed by atoms with Crippen LogP contribution in [0.15, 0.2) is 83.6 Å². The summed E-state index contributed by atoms with van der Waals surface area (Å²) in [5, 5.41) is 15.3. The van der Waals surface area contributed by atoms with Gasteiger partial charge in [0.15, 0.2) is 0 Å². The molecule has 0 spiro atoms. The van der Waals surface area contributed by atoms with Gasteiger partial charge in [-0.25, -0.2) is 4.98 Å². The van der Waals surface area contributed by atoms with Gasteiger partial charge in [-0.15, -0.1) is 0 Å². The Morgan fingerprint density at radius 1 is 0.968 bits per heavy atom. The van der Waals surface area contributed by atoms with Crippen LogP contribution in [0.25, 0.3) is 17.1 Å². The number of benzene rings is 1. The van der Waals surface area contributed by atoms with Crippen LogP contribution in [0, 0.1) is 0 Å². The van der Waals surface area contributed by atoms with Crippen LogP contribution < -0.4 is 0 Å². The minimum atomic E-state index is -0.757. The SMILES string of the molecule is OC1(Cc2cc(-c3ccccc3)no2)CCN(Cc2cccn2-c2ccccn2)CC1. The molecule has 4 heterocycles. The molecule has 6 heteroatoms. The Bertz CT molecular complexity index is 1110. The second-order valence-electron chi connectivity index (χ2n) is 8.28. The number of likely N-dealkylation sites (tertiary alicyclic amines) is 1. The van der Waals surface area contributed by atoms with E-state index in [-0.39, 0.29) is 0 Å². The molecule has 158 valence electrons. The second kappa shape index (κ2) is 8.49. The summed E-state index contributed by atoms with van der Waals surface area (Å²) in [4.78, 5) is 6.84. The van der Waals surface area contributed by atoms with Gasteiger partial charge in [0, 0.05) is 55.8 Å². The van der Waals surface area contributed by atoms with Crippen molar-refractivity contribution in [3.05, 3.63) is 90.6 Å². The summed E-state index contributed by atoms with van der Waals surface area (Å²) in [5.74, 6) is 1.66. The molecule has 1 aliphatic heterocycles. The van der Waals surface area contributed by atoms with Gasteiger partial charge in [0.1, 0.15) is 17.3 Å². The van der Waals surface area contributed by atoms with Gasteiger partial charge in [-0.05, 0) is 37.1 Å². The van der Waals surface area contributed by atoms with E-state index < -0.39 is 5.60 Å². The molecule has 5 rings (SSSR count). The van der Waals surface area contributed by atoms with E-state index in [1.807, 2.05) is 67.0 Å². The van der Waals surface area contributed by atoms with Crippen molar-refractivity contribution < 1.29 is 9.63 Å². The molecule has 1 fully saturated rings. The van der Waals surface area contributed by atoms with Crippen LogP contribution in [0.2, 0.25) is 0 Å². The molecule has 0 radical (unpaired) electrons. The molecule has 31 heavy (non-hydrogen) atoms. The predicted octanol–water partition coefficient (Wildman–Crippen LogP) is 4.10. The maximum Gasteiger partial charge on any atom is 0.140 e. The first-order valence-electron chi connectivity index (χ1n) is 10.7. The van der Waals surface area contributed by atoms with E-state index in [2.05, 4.69) is 31.7 Å². The molecule has 4 aromatic rings. The predicted molar refractivity (Wildman–Crippen MR) is 119 cm³/mol. The molecule has 0 bridgehead atoms. The highest BCUT2D eigenvalue weighted by Gasteiger charge is 2.34. The fourth-order valence-corrected chi connectivity index (χ4v) is 4.26. The topological polar surface area (TPSA) is 67.3 Å². The number of piperidine rings is 1. The van der Waals surface area contributed by atoms with Crippen molar-refractivity contribution >= 4 is 0 Å². The molecule has 0 amide bonds.